The van der Waals surface area contributed by atoms with Crippen molar-refractivity contribution in [2.45, 2.75) is 25.7 Å². The lowest BCUT2D eigenvalue weighted by Gasteiger charge is -2.19. The number of hydrogen-bond acceptors (Lipinski definition) is 3. The van der Waals surface area contributed by atoms with Crippen LogP contribution in [0.4, 0.5) is 4.79 Å². The zero-order chi connectivity index (χ0) is 11.9. The fraction of sp³-hybridized carbons (Fsp3) is 0.727. The molecule has 0 aromatic rings. The molecule has 2 fully saturated rings. The van der Waals surface area contributed by atoms with E-state index in [1.165, 1.54) is 4.90 Å². The van der Waals surface area contributed by atoms with Crippen LogP contribution in [0.3, 0.4) is 0 Å². The quantitative estimate of drug-likeness (QED) is 0.573. The number of amides is 4. The highest BCUT2D eigenvalue weighted by molar-refractivity contribution is 6.16. The molecule has 1 saturated heterocycles. The number of urea groups is 1. The third-order valence-electron chi connectivity index (χ3n) is 3.41. The van der Waals surface area contributed by atoms with E-state index in [9.17, 15) is 14.4 Å². The molecule has 2 rings (SSSR count). The van der Waals surface area contributed by atoms with Gasteiger partial charge in [-0.3, -0.25) is 9.59 Å². The summed E-state index contributed by atoms with van der Waals surface area (Å²) < 4.78 is 0. The lowest BCUT2D eigenvalue weighted by atomic mass is 9.81. The first kappa shape index (κ1) is 11.1. The molecular formula is C11H16N2O3. The van der Waals surface area contributed by atoms with Crippen LogP contribution >= 0.6 is 0 Å². The minimum Gasteiger partial charge on any atom is -0.330 e. The number of carbonyl (C=O) groups excluding carboxylic acids is 3. The summed E-state index contributed by atoms with van der Waals surface area (Å²) in [5.74, 6) is -1.09. The van der Waals surface area contributed by atoms with E-state index >= 15 is 0 Å². The van der Waals surface area contributed by atoms with Crippen LogP contribution in [-0.2, 0) is 9.59 Å². The SMILES string of the molecule is CN(C)C(=O)N1C(=O)C2CCCCC2C1=O. The van der Waals surface area contributed by atoms with Gasteiger partial charge in [0.25, 0.3) is 0 Å². The Labute approximate surface area is 94.4 Å². The zero-order valence-electron chi connectivity index (χ0n) is 9.60. The number of carbonyl (C=O) groups is 3. The number of fused-ring (bicyclic) bond motifs is 1. The predicted octanol–water partition coefficient (Wildman–Crippen LogP) is 0.843. The van der Waals surface area contributed by atoms with Gasteiger partial charge in [0.2, 0.25) is 11.8 Å². The first-order chi connectivity index (χ1) is 7.54. The summed E-state index contributed by atoms with van der Waals surface area (Å²) in [6.45, 7) is 0. The molecule has 5 heteroatoms. The molecule has 0 radical (unpaired) electrons. The Morgan fingerprint density at radius 2 is 1.56 bits per heavy atom. The largest absolute Gasteiger partial charge is 0.333 e. The van der Waals surface area contributed by atoms with Gasteiger partial charge in [-0.15, -0.1) is 0 Å². The van der Waals surface area contributed by atoms with Crippen molar-refractivity contribution in [1.29, 1.82) is 0 Å². The second-order valence-electron chi connectivity index (χ2n) is 4.69. The van der Waals surface area contributed by atoms with Crippen molar-refractivity contribution in [3.05, 3.63) is 0 Å². The predicted molar refractivity (Wildman–Crippen MR) is 56.4 cm³/mol. The van der Waals surface area contributed by atoms with Crippen LogP contribution in [0, 0.1) is 11.8 Å². The summed E-state index contributed by atoms with van der Waals surface area (Å²) in [5, 5.41) is 0. The third kappa shape index (κ3) is 1.50. The molecule has 1 aliphatic carbocycles. The van der Waals surface area contributed by atoms with Crippen molar-refractivity contribution in [2.75, 3.05) is 14.1 Å². The standard InChI is InChI=1S/C11H16N2O3/c1-12(2)11(16)13-9(14)7-5-3-4-6-8(7)10(13)15/h7-8H,3-6H2,1-2H3. The van der Waals surface area contributed by atoms with E-state index in [0.717, 1.165) is 30.6 Å². The van der Waals surface area contributed by atoms with Gasteiger partial charge in [0.15, 0.2) is 0 Å². The lowest BCUT2D eigenvalue weighted by Crippen LogP contribution is -2.43. The molecular weight excluding hydrogens is 208 g/mol. The van der Waals surface area contributed by atoms with Gasteiger partial charge in [-0.2, -0.15) is 4.90 Å². The molecule has 0 aromatic carbocycles. The van der Waals surface area contributed by atoms with Gasteiger partial charge < -0.3 is 4.90 Å². The molecule has 2 atom stereocenters. The van der Waals surface area contributed by atoms with Crippen molar-refractivity contribution in [3.63, 3.8) is 0 Å². The van der Waals surface area contributed by atoms with Crippen molar-refractivity contribution in [2.24, 2.45) is 11.8 Å². The van der Waals surface area contributed by atoms with E-state index in [2.05, 4.69) is 0 Å². The van der Waals surface area contributed by atoms with E-state index in [1.807, 2.05) is 0 Å². The molecule has 1 heterocycles. The number of hydrogen-bond donors (Lipinski definition) is 0. The highest BCUT2D eigenvalue weighted by Gasteiger charge is 2.51. The molecule has 4 amide bonds. The monoisotopic (exact) mass is 224 g/mol. The van der Waals surface area contributed by atoms with Crippen LogP contribution in [0.2, 0.25) is 0 Å². The molecule has 0 spiro atoms. The Bertz CT molecular complexity index is 327. The van der Waals surface area contributed by atoms with Gasteiger partial charge in [-0.25, -0.2) is 4.79 Å². The Kier molecular flexibility index (Phi) is 2.69. The highest BCUT2D eigenvalue weighted by atomic mass is 16.2. The van der Waals surface area contributed by atoms with Gasteiger partial charge in [0, 0.05) is 14.1 Å². The second-order valence-corrected chi connectivity index (χ2v) is 4.69. The van der Waals surface area contributed by atoms with Gasteiger partial charge in [0.1, 0.15) is 0 Å². The molecule has 16 heavy (non-hydrogen) atoms. The molecule has 0 aromatic heterocycles. The molecule has 1 aliphatic heterocycles. The van der Waals surface area contributed by atoms with E-state index in [4.69, 9.17) is 0 Å². The summed E-state index contributed by atoms with van der Waals surface area (Å²) >= 11 is 0. The summed E-state index contributed by atoms with van der Waals surface area (Å²) in [4.78, 5) is 37.7. The van der Waals surface area contributed by atoms with Crippen LogP contribution in [0.5, 0.6) is 0 Å². The Morgan fingerprint density at radius 3 is 1.94 bits per heavy atom. The molecule has 2 unspecified atom stereocenters. The first-order valence-corrected chi connectivity index (χ1v) is 5.63. The van der Waals surface area contributed by atoms with Crippen LogP contribution in [0.25, 0.3) is 0 Å². The molecule has 0 bridgehead atoms. The third-order valence-corrected chi connectivity index (χ3v) is 3.41. The van der Waals surface area contributed by atoms with E-state index in [0.29, 0.717) is 0 Å². The normalized spacial score (nSPS) is 29.2. The number of rotatable bonds is 0. The lowest BCUT2D eigenvalue weighted by molar-refractivity contribution is -0.136. The Morgan fingerprint density at radius 1 is 1.12 bits per heavy atom. The van der Waals surface area contributed by atoms with Crippen molar-refractivity contribution >= 4 is 17.8 Å². The Hall–Kier alpha value is -1.39. The van der Waals surface area contributed by atoms with Crippen LogP contribution < -0.4 is 0 Å². The maximum atomic E-state index is 12.0. The first-order valence-electron chi connectivity index (χ1n) is 5.63. The van der Waals surface area contributed by atoms with Crippen LogP contribution in [0.1, 0.15) is 25.7 Å². The van der Waals surface area contributed by atoms with Crippen LogP contribution in [0.15, 0.2) is 0 Å². The summed E-state index contributed by atoms with van der Waals surface area (Å²) in [6.07, 6.45) is 3.44. The summed E-state index contributed by atoms with van der Waals surface area (Å²) in [5.41, 5.74) is 0. The maximum absolute atomic E-state index is 12.0. The van der Waals surface area contributed by atoms with Gasteiger partial charge >= 0.3 is 6.03 Å². The van der Waals surface area contributed by atoms with E-state index in [-0.39, 0.29) is 23.7 Å². The summed E-state index contributed by atoms with van der Waals surface area (Å²) in [6, 6.07) is -0.510. The second kappa shape index (κ2) is 3.88. The highest BCUT2D eigenvalue weighted by Crippen LogP contribution is 2.38. The fourth-order valence-corrected chi connectivity index (χ4v) is 2.55. The fourth-order valence-electron chi connectivity index (χ4n) is 2.55. The average molecular weight is 224 g/mol. The van der Waals surface area contributed by atoms with Gasteiger partial charge in [-0.05, 0) is 12.8 Å². The minimum absolute atomic E-state index is 0.245. The number of likely N-dealkylation sites (tertiary alicyclic amines) is 1. The number of imide groups is 3. The summed E-state index contributed by atoms with van der Waals surface area (Å²) in [7, 11) is 3.09. The Balaban J connectivity index is 2.25. The van der Waals surface area contributed by atoms with Crippen LogP contribution in [-0.4, -0.2) is 41.7 Å². The van der Waals surface area contributed by atoms with Crippen molar-refractivity contribution in [1.82, 2.24) is 9.80 Å². The molecule has 5 nitrogen and oxygen atoms in total. The van der Waals surface area contributed by atoms with Crippen molar-refractivity contribution in [3.8, 4) is 0 Å². The van der Waals surface area contributed by atoms with Gasteiger partial charge in [0.05, 0.1) is 11.8 Å². The zero-order valence-corrected chi connectivity index (χ0v) is 9.60. The smallest absolute Gasteiger partial charge is 0.330 e. The topological polar surface area (TPSA) is 57.7 Å². The van der Waals surface area contributed by atoms with Crippen molar-refractivity contribution < 1.29 is 14.4 Å². The number of nitrogens with zero attached hydrogens (tertiary/aromatic N) is 2. The maximum Gasteiger partial charge on any atom is 0.333 e. The molecule has 0 N–H and O–H groups in total. The molecule has 1 saturated carbocycles. The minimum atomic E-state index is -0.510. The molecule has 2 aliphatic rings. The average Bonchev–Trinajstić information content (AvgIpc) is 2.52. The molecule has 88 valence electrons. The van der Waals surface area contributed by atoms with Gasteiger partial charge in [-0.1, -0.05) is 12.8 Å². The van der Waals surface area contributed by atoms with E-state index in [1.54, 1.807) is 14.1 Å². The van der Waals surface area contributed by atoms with E-state index < -0.39 is 6.03 Å².